The summed E-state index contributed by atoms with van der Waals surface area (Å²) in [5, 5.41) is 13.6. The molecule has 0 aliphatic carbocycles. The van der Waals surface area contributed by atoms with E-state index in [1.165, 1.54) is 0 Å². The number of para-hydroxylation sites is 2. The number of benzene rings is 3. The molecule has 0 bridgehead atoms. The van der Waals surface area contributed by atoms with Crippen LogP contribution in [0.25, 0.3) is 5.76 Å². The minimum absolute atomic E-state index is 0.110. The third-order valence-corrected chi connectivity index (χ3v) is 3.96. The largest absolute Gasteiger partial charge is 0.506 e. The lowest BCUT2D eigenvalue weighted by atomic mass is 10.0. The van der Waals surface area contributed by atoms with Crippen molar-refractivity contribution in [2.75, 3.05) is 5.32 Å². The van der Waals surface area contributed by atoms with Crippen molar-refractivity contribution in [2.45, 2.75) is 6.92 Å². The van der Waals surface area contributed by atoms with Gasteiger partial charge in [-0.25, -0.2) is 0 Å². The highest BCUT2D eigenvalue weighted by Crippen LogP contribution is 2.21. The summed E-state index contributed by atoms with van der Waals surface area (Å²) in [4.78, 5) is 17.5. The Morgan fingerprint density at radius 3 is 1.93 bits per heavy atom. The van der Waals surface area contributed by atoms with Crippen molar-refractivity contribution >= 4 is 28.8 Å². The van der Waals surface area contributed by atoms with E-state index >= 15 is 0 Å². The van der Waals surface area contributed by atoms with Gasteiger partial charge in [0.1, 0.15) is 11.3 Å². The van der Waals surface area contributed by atoms with Crippen LogP contribution in [-0.2, 0) is 4.79 Å². The van der Waals surface area contributed by atoms with Crippen molar-refractivity contribution < 1.29 is 9.90 Å². The van der Waals surface area contributed by atoms with Crippen molar-refractivity contribution in [2.24, 2.45) is 4.99 Å². The lowest BCUT2D eigenvalue weighted by molar-refractivity contribution is -0.112. The number of anilines is 1. The number of nitrogens with one attached hydrogen (secondary N) is 1. The van der Waals surface area contributed by atoms with E-state index in [0.29, 0.717) is 22.6 Å². The van der Waals surface area contributed by atoms with Gasteiger partial charge >= 0.3 is 0 Å². The Labute approximate surface area is 158 Å². The molecule has 1 amide bonds. The van der Waals surface area contributed by atoms with E-state index in [4.69, 9.17) is 0 Å². The number of carbonyl (C=O) groups is 1. The second-order valence-electron chi connectivity index (χ2n) is 5.94. The van der Waals surface area contributed by atoms with Crippen LogP contribution in [0.2, 0.25) is 0 Å². The van der Waals surface area contributed by atoms with Crippen LogP contribution in [0.1, 0.15) is 12.5 Å². The van der Waals surface area contributed by atoms with E-state index in [1.54, 1.807) is 31.2 Å². The van der Waals surface area contributed by atoms with Gasteiger partial charge in [0.2, 0.25) is 0 Å². The fourth-order valence-electron chi connectivity index (χ4n) is 2.65. The number of carbonyl (C=O) groups excluding carboxylic acids is 1. The molecule has 0 saturated heterocycles. The molecular formula is C23H20N2O2. The molecule has 4 nitrogen and oxygen atoms in total. The average molecular weight is 356 g/mol. The molecule has 4 heteroatoms. The number of amides is 1. The quantitative estimate of drug-likeness (QED) is 0.366. The number of aliphatic imine (C=N–C) groups is 1. The molecule has 0 aliphatic rings. The highest BCUT2D eigenvalue weighted by atomic mass is 16.3. The SMILES string of the molecule is CC(=Nc1ccccc1)/C(C(=O)Nc1ccccc1)=C(\O)c1ccccc1. The molecule has 0 aliphatic heterocycles. The van der Waals surface area contributed by atoms with Gasteiger partial charge in [-0.2, -0.15) is 0 Å². The molecule has 3 aromatic carbocycles. The van der Waals surface area contributed by atoms with Crippen LogP contribution < -0.4 is 5.32 Å². The Morgan fingerprint density at radius 2 is 1.33 bits per heavy atom. The minimum Gasteiger partial charge on any atom is -0.506 e. The van der Waals surface area contributed by atoms with Gasteiger partial charge in [0.25, 0.3) is 5.91 Å². The Bertz CT molecular complexity index is 963. The molecule has 0 radical (unpaired) electrons. The number of hydrogen-bond acceptors (Lipinski definition) is 3. The average Bonchev–Trinajstić information content (AvgIpc) is 2.70. The molecule has 2 N–H and O–H groups in total. The first-order valence-electron chi connectivity index (χ1n) is 8.61. The van der Waals surface area contributed by atoms with Gasteiger partial charge in [-0.05, 0) is 31.2 Å². The number of rotatable bonds is 5. The van der Waals surface area contributed by atoms with E-state index in [9.17, 15) is 9.90 Å². The van der Waals surface area contributed by atoms with E-state index in [0.717, 1.165) is 0 Å². The Morgan fingerprint density at radius 1 is 0.815 bits per heavy atom. The van der Waals surface area contributed by atoms with Crippen LogP contribution in [0.15, 0.2) is 102 Å². The third kappa shape index (κ3) is 4.70. The summed E-state index contributed by atoms with van der Waals surface area (Å²) >= 11 is 0. The van der Waals surface area contributed by atoms with Gasteiger partial charge in [-0.15, -0.1) is 0 Å². The van der Waals surface area contributed by atoms with Crippen molar-refractivity contribution in [3.05, 3.63) is 102 Å². The summed E-state index contributed by atoms with van der Waals surface area (Å²) in [6, 6.07) is 27.4. The van der Waals surface area contributed by atoms with Gasteiger partial charge < -0.3 is 10.4 Å². The van der Waals surface area contributed by atoms with Crippen molar-refractivity contribution in [1.29, 1.82) is 0 Å². The van der Waals surface area contributed by atoms with E-state index in [2.05, 4.69) is 10.3 Å². The molecule has 3 rings (SSSR count). The van der Waals surface area contributed by atoms with Crippen molar-refractivity contribution in [1.82, 2.24) is 0 Å². The summed E-state index contributed by atoms with van der Waals surface area (Å²) in [5.74, 6) is -0.527. The topological polar surface area (TPSA) is 61.7 Å². The first-order chi connectivity index (χ1) is 13.1. The third-order valence-electron chi connectivity index (χ3n) is 3.96. The monoisotopic (exact) mass is 356 g/mol. The molecule has 0 spiro atoms. The number of aliphatic hydroxyl groups excluding tert-OH is 1. The van der Waals surface area contributed by atoms with Crippen molar-refractivity contribution in [3.8, 4) is 0 Å². The standard InChI is InChI=1S/C23H20N2O2/c1-17(24-19-13-7-3-8-14-19)21(22(26)18-11-5-2-6-12-18)23(27)25-20-15-9-4-10-16-20/h2-16,26H,1H3,(H,25,27)/b22-21+,24-17?. The molecule has 3 aromatic rings. The van der Waals surface area contributed by atoms with Crippen LogP contribution in [0.3, 0.4) is 0 Å². The number of aliphatic hydroxyl groups is 1. The van der Waals surface area contributed by atoms with Gasteiger partial charge in [-0.3, -0.25) is 9.79 Å². The minimum atomic E-state index is -0.417. The number of hydrogen-bond donors (Lipinski definition) is 2. The highest BCUT2D eigenvalue weighted by molar-refractivity contribution is 6.28. The molecule has 0 aromatic heterocycles. The van der Waals surface area contributed by atoms with Gasteiger partial charge in [0.15, 0.2) is 0 Å². The summed E-state index contributed by atoms with van der Waals surface area (Å²) in [5.41, 5.74) is 2.47. The zero-order valence-corrected chi connectivity index (χ0v) is 15.0. The molecule has 0 heterocycles. The fraction of sp³-hybridized carbons (Fsp3) is 0.0435. The first kappa shape index (κ1) is 18.1. The lowest BCUT2D eigenvalue weighted by Gasteiger charge is -2.12. The van der Waals surface area contributed by atoms with Crippen LogP contribution in [0.4, 0.5) is 11.4 Å². The molecule has 0 fully saturated rings. The molecular weight excluding hydrogens is 336 g/mol. The van der Waals surface area contributed by atoms with E-state index in [-0.39, 0.29) is 11.3 Å². The second kappa shape index (κ2) is 8.63. The predicted molar refractivity (Wildman–Crippen MR) is 110 cm³/mol. The van der Waals surface area contributed by atoms with Gasteiger partial charge in [0.05, 0.1) is 11.4 Å². The van der Waals surface area contributed by atoms with Crippen molar-refractivity contribution in [3.63, 3.8) is 0 Å². The van der Waals surface area contributed by atoms with Crippen LogP contribution in [0.5, 0.6) is 0 Å². The zero-order chi connectivity index (χ0) is 19.1. The second-order valence-corrected chi connectivity index (χ2v) is 5.94. The Hall–Kier alpha value is -3.66. The summed E-state index contributed by atoms with van der Waals surface area (Å²) in [6.45, 7) is 1.71. The molecule has 0 atom stereocenters. The van der Waals surface area contributed by atoms with Crippen LogP contribution in [-0.4, -0.2) is 16.7 Å². The summed E-state index contributed by atoms with van der Waals surface area (Å²) in [6.07, 6.45) is 0. The lowest BCUT2D eigenvalue weighted by Crippen LogP contribution is -2.21. The van der Waals surface area contributed by atoms with E-state index < -0.39 is 5.91 Å². The summed E-state index contributed by atoms with van der Waals surface area (Å²) < 4.78 is 0. The van der Waals surface area contributed by atoms with Crippen LogP contribution >= 0.6 is 0 Å². The molecule has 0 saturated carbocycles. The van der Waals surface area contributed by atoms with Gasteiger partial charge in [0, 0.05) is 11.3 Å². The maximum absolute atomic E-state index is 12.9. The Balaban J connectivity index is 2.03. The zero-order valence-electron chi connectivity index (χ0n) is 15.0. The molecule has 0 unspecified atom stereocenters. The van der Waals surface area contributed by atoms with E-state index in [1.807, 2.05) is 66.7 Å². The first-order valence-corrected chi connectivity index (χ1v) is 8.61. The predicted octanol–water partition coefficient (Wildman–Crippen LogP) is 5.39. The normalized spacial score (nSPS) is 12.3. The molecule has 134 valence electrons. The smallest absolute Gasteiger partial charge is 0.261 e. The van der Waals surface area contributed by atoms with Gasteiger partial charge in [-0.1, -0.05) is 66.7 Å². The highest BCUT2D eigenvalue weighted by Gasteiger charge is 2.20. The summed E-state index contributed by atoms with van der Waals surface area (Å²) in [7, 11) is 0. The maximum atomic E-state index is 12.9. The Kier molecular flexibility index (Phi) is 5.80. The maximum Gasteiger partial charge on any atom is 0.261 e. The molecule has 27 heavy (non-hydrogen) atoms. The fourth-order valence-corrected chi connectivity index (χ4v) is 2.65. The number of nitrogens with zero attached hydrogens (tertiary/aromatic N) is 1. The van der Waals surface area contributed by atoms with Crippen LogP contribution in [0, 0.1) is 0 Å².